The first kappa shape index (κ1) is 34.1. The average molecular weight is 624 g/mol. The Labute approximate surface area is 251 Å². The number of phenolic OH excluding ortho intramolecular Hbond substituents is 1. The van der Waals surface area contributed by atoms with Crippen LogP contribution in [0.2, 0.25) is 0 Å². The summed E-state index contributed by atoms with van der Waals surface area (Å²) in [6.07, 6.45) is -2.70. The fourth-order valence-electron chi connectivity index (χ4n) is 4.26. The molecule has 1 aromatic carbocycles. The van der Waals surface area contributed by atoms with Crippen molar-refractivity contribution in [2.75, 3.05) is 38.1 Å². The maximum absolute atomic E-state index is 12.2. The molecule has 3 heterocycles. The van der Waals surface area contributed by atoms with Gasteiger partial charge in [-0.1, -0.05) is 46.8 Å². The van der Waals surface area contributed by atoms with E-state index in [1.807, 2.05) is 13.8 Å². The Balaban J connectivity index is 0.000000646. The van der Waals surface area contributed by atoms with E-state index in [0.717, 1.165) is 0 Å². The van der Waals surface area contributed by atoms with Crippen molar-refractivity contribution in [2.45, 2.75) is 59.2 Å². The van der Waals surface area contributed by atoms with Crippen molar-refractivity contribution in [1.82, 2.24) is 29.1 Å². The van der Waals surface area contributed by atoms with Crippen molar-refractivity contribution in [3.63, 3.8) is 0 Å². The Morgan fingerprint density at radius 3 is 2.37 bits per heavy atom. The molecule has 2 aromatic heterocycles. The van der Waals surface area contributed by atoms with Crippen molar-refractivity contribution in [1.29, 1.82) is 0 Å². The van der Waals surface area contributed by atoms with Gasteiger partial charge < -0.3 is 30.3 Å². The Morgan fingerprint density at radius 2 is 1.77 bits per heavy atom. The number of carbonyl (C=O) groups is 1. The van der Waals surface area contributed by atoms with Crippen molar-refractivity contribution in [3.8, 4) is 5.75 Å². The summed E-state index contributed by atoms with van der Waals surface area (Å²) in [5.41, 5.74) is 0.489. The zero-order valence-electron chi connectivity index (χ0n) is 24.9. The van der Waals surface area contributed by atoms with Gasteiger partial charge in [0.05, 0.1) is 18.5 Å². The van der Waals surface area contributed by atoms with Crippen LogP contribution >= 0.6 is 0 Å². The van der Waals surface area contributed by atoms with E-state index in [1.54, 1.807) is 4.72 Å². The van der Waals surface area contributed by atoms with Crippen LogP contribution in [0.25, 0.3) is 11.2 Å². The zero-order chi connectivity index (χ0) is 31.7. The van der Waals surface area contributed by atoms with Gasteiger partial charge in [0.1, 0.15) is 30.4 Å². The number of anilines is 1. The largest absolute Gasteiger partial charge is 0.507 e. The molecule has 3 aromatic rings. The topological polar surface area (TPSA) is 201 Å². The van der Waals surface area contributed by atoms with Gasteiger partial charge in [0.25, 0.3) is 5.91 Å². The molecule has 0 radical (unpaired) electrons. The summed E-state index contributed by atoms with van der Waals surface area (Å²) in [6, 6.07) is 5.37. The summed E-state index contributed by atoms with van der Waals surface area (Å²) in [4.78, 5) is 27.2. The first-order valence-electron chi connectivity index (χ1n) is 14.1. The van der Waals surface area contributed by atoms with Gasteiger partial charge in [0.15, 0.2) is 23.2 Å². The molecule has 1 saturated heterocycles. The molecule has 238 valence electrons. The quantitative estimate of drug-likeness (QED) is 0.193. The van der Waals surface area contributed by atoms with Crippen LogP contribution < -0.4 is 10.0 Å². The molecule has 4 rings (SSSR count). The second-order valence-electron chi connectivity index (χ2n) is 10.2. The van der Waals surface area contributed by atoms with Crippen molar-refractivity contribution >= 4 is 33.2 Å². The summed E-state index contributed by atoms with van der Waals surface area (Å²) in [6.45, 7) is 14.1. The highest BCUT2D eigenvalue weighted by atomic mass is 32.2. The van der Waals surface area contributed by atoms with Crippen LogP contribution in [0.15, 0.2) is 36.9 Å². The lowest BCUT2D eigenvalue weighted by molar-refractivity contribution is -0.0468. The molecular weight excluding hydrogens is 582 g/mol. The number of amides is 1. The second-order valence-corrected chi connectivity index (χ2v) is 11.5. The van der Waals surface area contributed by atoms with Crippen molar-refractivity contribution in [3.05, 3.63) is 42.5 Å². The van der Waals surface area contributed by atoms with E-state index >= 15 is 0 Å². The number of aliphatic hydroxyl groups excluding tert-OH is 2. The van der Waals surface area contributed by atoms with E-state index in [4.69, 9.17) is 8.92 Å². The molecule has 5 N–H and O–H groups in total. The molecule has 16 heteroatoms. The minimum Gasteiger partial charge on any atom is -0.507 e. The number of hydrogen-bond donors (Lipinski definition) is 5. The van der Waals surface area contributed by atoms with Crippen LogP contribution in [-0.4, -0.2) is 105 Å². The van der Waals surface area contributed by atoms with Crippen LogP contribution in [0.4, 0.5) is 5.82 Å². The molecule has 1 fully saturated rings. The van der Waals surface area contributed by atoms with Gasteiger partial charge in [-0.05, 0) is 37.7 Å². The van der Waals surface area contributed by atoms with Crippen molar-refractivity contribution < 1.29 is 37.5 Å². The predicted molar refractivity (Wildman–Crippen MR) is 158 cm³/mol. The fraction of sp³-hybridized carbons (Fsp3) is 0.556. The van der Waals surface area contributed by atoms with Crippen LogP contribution in [0, 0.1) is 5.92 Å². The van der Waals surface area contributed by atoms with Gasteiger partial charge >= 0.3 is 10.3 Å². The molecule has 0 unspecified atom stereocenters. The molecule has 0 bridgehead atoms. The number of aliphatic hydroxyl groups is 2. The van der Waals surface area contributed by atoms with Gasteiger partial charge in [-0.25, -0.2) is 19.7 Å². The minimum atomic E-state index is -4.63. The number of nitrogens with zero attached hydrogens (tertiary/aromatic N) is 5. The molecule has 0 saturated carbocycles. The number of hydrogen-bond acceptors (Lipinski definition) is 13. The number of para-hydroxylation sites is 1. The van der Waals surface area contributed by atoms with Gasteiger partial charge in [-0.3, -0.25) is 13.5 Å². The third kappa shape index (κ3) is 8.81. The summed E-state index contributed by atoms with van der Waals surface area (Å²) in [5.74, 6) is -0.672. The number of aromatic nitrogens is 4. The molecule has 15 nitrogen and oxygen atoms in total. The van der Waals surface area contributed by atoms with Crippen LogP contribution in [0.1, 0.15) is 51.2 Å². The molecule has 0 spiro atoms. The molecular formula is C27H41N7O8S. The summed E-state index contributed by atoms with van der Waals surface area (Å²) >= 11 is 0. The van der Waals surface area contributed by atoms with Gasteiger partial charge in [0.2, 0.25) is 0 Å². The number of benzene rings is 1. The summed E-state index contributed by atoms with van der Waals surface area (Å²) in [5, 5.41) is 33.9. The number of nitrogens with one attached hydrogen (secondary N) is 2. The van der Waals surface area contributed by atoms with E-state index in [2.05, 4.69) is 45.9 Å². The van der Waals surface area contributed by atoms with Crippen LogP contribution in [-0.2, 0) is 19.2 Å². The summed E-state index contributed by atoms with van der Waals surface area (Å²) < 4.78 is 38.0. The summed E-state index contributed by atoms with van der Waals surface area (Å²) in [7, 11) is -4.63. The number of carbonyl (C=O) groups excluding carboxylic acids is 1. The number of aromatic hydroxyl groups is 1. The lowest BCUT2D eigenvalue weighted by atomic mass is 10.1. The number of rotatable bonds is 12. The van der Waals surface area contributed by atoms with Crippen LogP contribution in [0.5, 0.6) is 5.75 Å². The lowest BCUT2D eigenvalue weighted by Gasteiger charge is -2.16. The molecule has 1 aliphatic rings. The Hall–Kier alpha value is -3.41. The fourth-order valence-corrected chi connectivity index (χ4v) is 4.97. The average Bonchev–Trinajstić information content (AvgIpc) is 3.52. The van der Waals surface area contributed by atoms with Crippen molar-refractivity contribution in [2.24, 2.45) is 5.92 Å². The highest BCUT2D eigenvalue weighted by Gasteiger charge is 2.45. The molecule has 1 amide bonds. The first-order valence-corrected chi connectivity index (χ1v) is 15.5. The third-order valence-corrected chi connectivity index (χ3v) is 7.63. The SMILES string of the molecule is CC(C)CNc1ncnc2c1ncn2[C@@H]1O[C@H](COS(=O)(=O)NC(=O)c2ccccc2O)[C@@H](O)[C@H]1O.CCN(CC)CC. The number of fused-ring (bicyclic) bond motifs is 1. The lowest BCUT2D eigenvalue weighted by Crippen LogP contribution is -2.37. The normalized spacial score (nSPS) is 20.3. The van der Waals surface area contributed by atoms with Gasteiger partial charge in [0, 0.05) is 6.54 Å². The Morgan fingerprint density at radius 1 is 1.09 bits per heavy atom. The van der Waals surface area contributed by atoms with E-state index in [9.17, 15) is 28.5 Å². The first-order chi connectivity index (χ1) is 20.4. The maximum atomic E-state index is 12.2. The highest BCUT2D eigenvalue weighted by molar-refractivity contribution is 7.85. The zero-order valence-corrected chi connectivity index (χ0v) is 25.7. The predicted octanol–water partition coefficient (Wildman–Crippen LogP) is 1.26. The Kier molecular flexibility index (Phi) is 12.2. The standard InChI is InChI=1S/C21H26N6O8S.C6H15N/c1-11(2)7-22-18-15-19(24-9-23-18)27(10-25-15)21-17(30)16(29)14(35-21)8-34-36(32,33)26-20(31)12-5-3-4-6-13(12)28;1-4-7(5-2)6-3/h3-6,9-11,14,16-17,21,28-30H,7-8H2,1-2H3,(H,26,31)(H,22,23,24);4-6H2,1-3H3/t14-,16-,17-,21-;/m1./s1. The second kappa shape index (κ2) is 15.4. The van der Waals surface area contributed by atoms with E-state index in [0.29, 0.717) is 29.4 Å². The molecule has 1 aliphatic heterocycles. The molecule has 43 heavy (non-hydrogen) atoms. The van der Waals surface area contributed by atoms with E-state index in [1.165, 1.54) is 61.1 Å². The third-order valence-electron chi connectivity index (χ3n) is 6.74. The van der Waals surface area contributed by atoms with E-state index < -0.39 is 53.1 Å². The smallest absolute Gasteiger partial charge is 0.362 e. The number of imidazole rings is 1. The van der Waals surface area contributed by atoms with E-state index in [-0.39, 0.29) is 5.56 Å². The molecule has 0 aliphatic carbocycles. The number of phenols is 1. The molecule has 4 atom stereocenters. The monoisotopic (exact) mass is 623 g/mol. The highest BCUT2D eigenvalue weighted by Crippen LogP contribution is 2.32. The number of ether oxygens (including phenoxy) is 1. The maximum Gasteiger partial charge on any atom is 0.362 e. The van der Waals surface area contributed by atoms with Crippen LogP contribution in [0.3, 0.4) is 0 Å². The van der Waals surface area contributed by atoms with Gasteiger partial charge in [-0.2, -0.15) is 8.42 Å². The van der Waals surface area contributed by atoms with Gasteiger partial charge in [-0.15, -0.1) is 0 Å². The Bertz CT molecular complexity index is 1440. The minimum absolute atomic E-state index is 0.270.